The van der Waals surface area contributed by atoms with Crippen LogP contribution in [0, 0.1) is 11.8 Å². The van der Waals surface area contributed by atoms with Gasteiger partial charge in [-0.1, -0.05) is 34.0 Å². The third-order valence-corrected chi connectivity index (χ3v) is 4.82. The Kier molecular flexibility index (Phi) is 2.17. The van der Waals surface area contributed by atoms with Crippen molar-refractivity contribution in [3.8, 4) is 0 Å². The molecule has 0 bridgehead atoms. The molecule has 0 aliphatic heterocycles. The lowest BCUT2D eigenvalue weighted by atomic mass is 9.99. The number of benzene rings is 1. The van der Waals surface area contributed by atoms with E-state index in [4.69, 9.17) is 11.6 Å². The highest BCUT2D eigenvalue weighted by atomic mass is 79.9. The third kappa shape index (κ3) is 1.31. The molecular formula is C12H12BrClO. The van der Waals surface area contributed by atoms with Crippen molar-refractivity contribution in [2.45, 2.75) is 24.9 Å². The Labute approximate surface area is 103 Å². The van der Waals surface area contributed by atoms with E-state index in [0.29, 0.717) is 16.9 Å². The number of aliphatic hydroxyl groups is 1. The molecule has 0 aromatic heterocycles. The minimum absolute atomic E-state index is 0.465. The third-order valence-electron chi connectivity index (χ3n) is 3.90. The fraction of sp³-hybridized carbons (Fsp3) is 0.500. The van der Waals surface area contributed by atoms with Crippen LogP contribution in [0.4, 0.5) is 0 Å². The van der Waals surface area contributed by atoms with Gasteiger partial charge in [0.1, 0.15) is 0 Å². The largest absolute Gasteiger partial charge is 0.385 e. The predicted molar refractivity (Wildman–Crippen MR) is 63.9 cm³/mol. The van der Waals surface area contributed by atoms with Crippen molar-refractivity contribution < 1.29 is 5.11 Å². The average molecular weight is 288 g/mol. The highest BCUT2D eigenvalue weighted by molar-refractivity contribution is 9.10. The number of hydrogen-bond acceptors (Lipinski definition) is 1. The van der Waals surface area contributed by atoms with E-state index in [2.05, 4.69) is 15.9 Å². The van der Waals surface area contributed by atoms with Crippen molar-refractivity contribution >= 4 is 27.5 Å². The molecule has 0 saturated heterocycles. The van der Waals surface area contributed by atoms with E-state index in [-0.39, 0.29) is 0 Å². The molecule has 2 atom stereocenters. The Morgan fingerprint density at radius 1 is 1.33 bits per heavy atom. The number of halogens is 2. The summed E-state index contributed by atoms with van der Waals surface area (Å²) < 4.78 is 0.976. The van der Waals surface area contributed by atoms with Crippen molar-refractivity contribution in [3.63, 3.8) is 0 Å². The lowest BCUT2D eigenvalue weighted by Crippen LogP contribution is -2.13. The first kappa shape index (κ1) is 10.1. The van der Waals surface area contributed by atoms with Crippen LogP contribution in [0.15, 0.2) is 22.7 Å². The summed E-state index contributed by atoms with van der Waals surface area (Å²) in [4.78, 5) is 0. The van der Waals surface area contributed by atoms with E-state index in [1.54, 1.807) is 0 Å². The molecule has 2 aliphatic rings. The lowest BCUT2D eigenvalue weighted by molar-refractivity contribution is 0.105. The van der Waals surface area contributed by atoms with Gasteiger partial charge in [0, 0.05) is 9.50 Å². The Hall–Kier alpha value is -0.0500. The first-order valence-electron chi connectivity index (χ1n) is 5.32. The Balaban J connectivity index is 2.03. The quantitative estimate of drug-likeness (QED) is 0.834. The Morgan fingerprint density at radius 3 is 2.67 bits per heavy atom. The summed E-state index contributed by atoms with van der Waals surface area (Å²) in [6.07, 6.45) is 3.57. The molecule has 0 radical (unpaired) electrons. The van der Waals surface area contributed by atoms with Crippen molar-refractivity contribution in [3.05, 3.63) is 33.3 Å². The molecule has 2 unspecified atom stereocenters. The van der Waals surface area contributed by atoms with E-state index in [1.807, 2.05) is 18.2 Å². The zero-order valence-corrected chi connectivity index (χ0v) is 10.6. The van der Waals surface area contributed by atoms with Gasteiger partial charge < -0.3 is 5.11 Å². The van der Waals surface area contributed by atoms with Crippen molar-refractivity contribution in [1.82, 2.24) is 0 Å². The number of rotatable bonds is 1. The van der Waals surface area contributed by atoms with Gasteiger partial charge in [-0.2, -0.15) is 0 Å². The maximum atomic E-state index is 10.6. The van der Waals surface area contributed by atoms with Gasteiger partial charge in [0.2, 0.25) is 0 Å². The molecule has 1 aromatic rings. The fourth-order valence-electron chi connectivity index (χ4n) is 3.13. The van der Waals surface area contributed by atoms with E-state index in [9.17, 15) is 5.11 Å². The van der Waals surface area contributed by atoms with Gasteiger partial charge in [0.05, 0.1) is 5.60 Å². The number of hydrogen-bond donors (Lipinski definition) is 1. The smallest absolute Gasteiger partial charge is 0.0971 e. The number of fused-ring (bicyclic) bond motifs is 1. The molecule has 1 N–H and O–H groups in total. The molecule has 2 aliphatic carbocycles. The van der Waals surface area contributed by atoms with E-state index in [1.165, 1.54) is 6.42 Å². The Morgan fingerprint density at radius 2 is 2.00 bits per heavy atom. The van der Waals surface area contributed by atoms with E-state index in [0.717, 1.165) is 22.9 Å². The van der Waals surface area contributed by atoms with Crippen LogP contribution in [0.5, 0.6) is 0 Å². The van der Waals surface area contributed by atoms with Crippen LogP contribution in [0.3, 0.4) is 0 Å². The molecule has 3 rings (SSSR count). The first-order chi connectivity index (χ1) is 7.14. The maximum absolute atomic E-state index is 10.6. The van der Waals surface area contributed by atoms with E-state index >= 15 is 0 Å². The SMILES string of the molecule is OC1(c2cc(Cl)ccc2Br)C2CCCC21. The molecular weight excluding hydrogens is 275 g/mol. The van der Waals surface area contributed by atoms with Crippen LogP contribution in [-0.4, -0.2) is 5.11 Å². The second-order valence-corrected chi connectivity index (χ2v) is 5.88. The zero-order valence-electron chi connectivity index (χ0n) is 8.21. The molecule has 2 saturated carbocycles. The predicted octanol–water partition coefficient (Wildman–Crippen LogP) is 3.72. The van der Waals surface area contributed by atoms with Gasteiger partial charge >= 0.3 is 0 Å². The van der Waals surface area contributed by atoms with Crippen LogP contribution in [0.25, 0.3) is 0 Å². The highest BCUT2D eigenvalue weighted by Gasteiger charge is 2.66. The Bertz CT molecular complexity index is 408. The van der Waals surface area contributed by atoms with Gasteiger partial charge in [0.25, 0.3) is 0 Å². The molecule has 0 amide bonds. The molecule has 2 fully saturated rings. The summed E-state index contributed by atoms with van der Waals surface area (Å²) >= 11 is 9.47. The molecule has 1 aromatic carbocycles. The molecule has 3 heteroatoms. The van der Waals surface area contributed by atoms with Crippen LogP contribution in [-0.2, 0) is 5.60 Å². The summed E-state index contributed by atoms with van der Waals surface area (Å²) in [5.41, 5.74) is 0.381. The summed E-state index contributed by atoms with van der Waals surface area (Å²) in [5, 5.41) is 11.3. The van der Waals surface area contributed by atoms with Gasteiger partial charge in [-0.05, 0) is 48.4 Å². The monoisotopic (exact) mass is 286 g/mol. The van der Waals surface area contributed by atoms with Gasteiger partial charge in [0.15, 0.2) is 0 Å². The first-order valence-corrected chi connectivity index (χ1v) is 6.49. The summed E-state index contributed by atoms with van der Waals surface area (Å²) in [7, 11) is 0. The topological polar surface area (TPSA) is 20.2 Å². The molecule has 80 valence electrons. The van der Waals surface area contributed by atoms with Crippen LogP contribution in [0.2, 0.25) is 5.02 Å². The van der Waals surface area contributed by atoms with E-state index < -0.39 is 5.60 Å². The lowest BCUT2D eigenvalue weighted by Gasteiger charge is -2.16. The normalized spacial score (nSPS) is 37.8. The molecule has 1 nitrogen and oxygen atoms in total. The van der Waals surface area contributed by atoms with Crippen molar-refractivity contribution in [2.75, 3.05) is 0 Å². The minimum atomic E-state index is -0.595. The van der Waals surface area contributed by atoms with Crippen LogP contribution >= 0.6 is 27.5 Å². The maximum Gasteiger partial charge on any atom is 0.0971 e. The summed E-state index contributed by atoms with van der Waals surface area (Å²) in [6, 6.07) is 5.66. The molecule has 0 heterocycles. The van der Waals surface area contributed by atoms with Crippen molar-refractivity contribution in [2.24, 2.45) is 11.8 Å². The summed E-state index contributed by atoms with van der Waals surface area (Å²) in [6.45, 7) is 0. The average Bonchev–Trinajstić information content (AvgIpc) is 2.67. The highest BCUT2D eigenvalue weighted by Crippen LogP contribution is 2.67. The molecule has 0 spiro atoms. The molecule has 15 heavy (non-hydrogen) atoms. The van der Waals surface area contributed by atoms with Gasteiger partial charge in [-0.3, -0.25) is 0 Å². The van der Waals surface area contributed by atoms with Gasteiger partial charge in [-0.15, -0.1) is 0 Å². The second kappa shape index (κ2) is 3.22. The van der Waals surface area contributed by atoms with Crippen LogP contribution in [0.1, 0.15) is 24.8 Å². The fourth-order valence-corrected chi connectivity index (χ4v) is 3.86. The minimum Gasteiger partial charge on any atom is -0.385 e. The standard InChI is InChI=1S/C12H12BrClO/c13-11-5-4-7(14)6-10(11)12(15)8-2-1-3-9(8)12/h4-6,8-9,15H,1-3H2. The van der Waals surface area contributed by atoms with Crippen molar-refractivity contribution in [1.29, 1.82) is 0 Å². The zero-order chi connectivity index (χ0) is 10.6. The van der Waals surface area contributed by atoms with Gasteiger partial charge in [-0.25, -0.2) is 0 Å². The summed E-state index contributed by atoms with van der Waals surface area (Å²) in [5.74, 6) is 0.930. The van der Waals surface area contributed by atoms with Crippen LogP contribution < -0.4 is 0 Å². The second-order valence-electron chi connectivity index (χ2n) is 4.59.